The van der Waals surface area contributed by atoms with Crippen molar-refractivity contribution in [2.75, 3.05) is 0 Å². The van der Waals surface area contributed by atoms with Crippen LogP contribution in [0.1, 0.15) is 43.9 Å². The molecule has 0 saturated heterocycles. The fourth-order valence-corrected chi connectivity index (χ4v) is 4.46. The molecule has 0 fully saturated rings. The van der Waals surface area contributed by atoms with Crippen molar-refractivity contribution in [1.82, 2.24) is 4.72 Å². The van der Waals surface area contributed by atoms with Crippen molar-refractivity contribution >= 4 is 15.7 Å². The monoisotopic (exact) mass is 376 g/mol. The molecular weight excluding hydrogens is 352 g/mol. The molecule has 6 nitrogen and oxygen atoms in total. The van der Waals surface area contributed by atoms with E-state index in [1.807, 2.05) is 30.3 Å². The number of nitro benzene ring substituents is 1. The first-order valence-corrected chi connectivity index (χ1v) is 10.3. The number of non-ortho nitro benzene ring substituents is 1. The van der Waals surface area contributed by atoms with E-state index < -0.39 is 14.9 Å². The summed E-state index contributed by atoms with van der Waals surface area (Å²) in [6.07, 6.45) is 1.71. The van der Waals surface area contributed by atoms with Gasteiger partial charge >= 0.3 is 0 Å². The van der Waals surface area contributed by atoms with Crippen molar-refractivity contribution in [3.63, 3.8) is 0 Å². The van der Waals surface area contributed by atoms with E-state index in [9.17, 15) is 18.5 Å². The van der Waals surface area contributed by atoms with Crippen molar-refractivity contribution in [3.8, 4) is 0 Å². The Morgan fingerprint density at radius 2 is 1.58 bits per heavy atom. The minimum atomic E-state index is -3.60. The Morgan fingerprint density at radius 1 is 1.00 bits per heavy atom. The van der Waals surface area contributed by atoms with Crippen LogP contribution in [-0.4, -0.2) is 13.3 Å². The zero-order chi connectivity index (χ0) is 19.2. The van der Waals surface area contributed by atoms with Crippen molar-refractivity contribution < 1.29 is 13.3 Å². The number of nitrogens with zero attached hydrogens (tertiary/aromatic N) is 1. The minimum Gasteiger partial charge on any atom is -0.258 e. The average molecular weight is 376 g/mol. The third-order valence-corrected chi connectivity index (χ3v) is 5.82. The summed E-state index contributed by atoms with van der Waals surface area (Å²) in [7, 11) is -3.60. The largest absolute Gasteiger partial charge is 0.269 e. The van der Waals surface area contributed by atoms with Crippen LogP contribution in [0.15, 0.2) is 54.6 Å². The Kier molecular flexibility index (Phi) is 6.88. The van der Waals surface area contributed by atoms with Crippen LogP contribution in [-0.2, 0) is 15.8 Å². The number of rotatable bonds is 9. The lowest BCUT2D eigenvalue weighted by Gasteiger charge is -2.26. The van der Waals surface area contributed by atoms with E-state index in [1.54, 1.807) is 0 Å². The molecule has 1 N–H and O–H groups in total. The molecule has 2 rings (SSSR count). The molecule has 2 aromatic carbocycles. The van der Waals surface area contributed by atoms with E-state index in [0.717, 1.165) is 18.4 Å². The molecular formula is C19H24N2O4S. The molecule has 140 valence electrons. The predicted octanol–water partition coefficient (Wildman–Crippen LogP) is 4.19. The summed E-state index contributed by atoms with van der Waals surface area (Å²) in [5, 5.41) is 10.7. The summed E-state index contributed by atoms with van der Waals surface area (Å²) >= 11 is 0. The molecule has 0 aliphatic carbocycles. The first kappa shape index (κ1) is 20.1. The van der Waals surface area contributed by atoms with Crippen LogP contribution in [0, 0.1) is 16.0 Å². The molecule has 0 saturated carbocycles. The van der Waals surface area contributed by atoms with Gasteiger partial charge in [0.1, 0.15) is 0 Å². The van der Waals surface area contributed by atoms with Gasteiger partial charge in [0.15, 0.2) is 0 Å². The van der Waals surface area contributed by atoms with Gasteiger partial charge in [-0.1, -0.05) is 69.2 Å². The number of nitro groups is 1. The molecule has 7 heteroatoms. The maximum absolute atomic E-state index is 12.7. The second-order valence-electron chi connectivity index (χ2n) is 6.27. The Labute approximate surface area is 154 Å². The smallest absolute Gasteiger partial charge is 0.258 e. The third-order valence-electron chi connectivity index (χ3n) is 4.49. The molecule has 2 aromatic rings. The van der Waals surface area contributed by atoms with Gasteiger partial charge in [-0.2, -0.15) is 0 Å². The summed E-state index contributed by atoms with van der Waals surface area (Å²) in [6.45, 7) is 4.10. The zero-order valence-corrected chi connectivity index (χ0v) is 15.8. The Morgan fingerprint density at radius 3 is 2.08 bits per heavy atom. The SMILES string of the molecule is CCC(CC)C(NS(=O)(=O)Cc1ccc([N+](=O)[O-])cc1)c1ccccc1. The summed E-state index contributed by atoms with van der Waals surface area (Å²) in [6, 6.07) is 14.9. The highest BCUT2D eigenvalue weighted by atomic mass is 32.2. The van der Waals surface area contributed by atoms with Crippen LogP contribution in [0.5, 0.6) is 0 Å². The van der Waals surface area contributed by atoms with E-state index in [4.69, 9.17) is 0 Å². The van der Waals surface area contributed by atoms with Gasteiger partial charge in [0.2, 0.25) is 10.0 Å². The maximum Gasteiger partial charge on any atom is 0.269 e. The summed E-state index contributed by atoms with van der Waals surface area (Å²) in [5.41, 5.74) is 1.39. The molecule has 0 heterocycles. The molecule has 26 heavy (non-hydrogen) atoms. The molecule has 0 aliphatic heterocycles. The summed E-state index contributed by atoms with van der Waals surface area (Å²) in [5.74, 6) is -0.0295. The number of benzene rings is 2. The Balaban J connectivity index is 2.21. The number of hydrogen-bond acceptors (Lipinski definition) is 4. The summed E-state index contributed by atoms with van der Waals surface area (Å²) < 4.78 is 28.2. The standard InChI is InChI=1S/C19H24N2O4S/c1-3-16(4-2)19(17-8-6-5-7-9-17)20-26(24,25)14-15-10-12-18(13-11-15)21(22)23/h5-13,16,19-20H,3-4,14H2,1-2H3. The predicted molar refractivity (Wildman–Crippen MR) is 102 cm³/mol. The lowest BCUT2D eigenvalue weighted by atomic mass is 9.90. The van der Waals surface area contributed by atoms with E-state index in [-0.39, 0.29) is 23.4 Å². The first-order valence-electron chi connectivity index (χ1n) is 8.64. The Hall–Kier alpha value is -2.25. The van der Waals surface area contributed by atoms with E-state index >= 15 is 0 Å². The third kappa shape index (κ3) is 5.37. The van der Waals surface area contributed by atoms with Crippen LogP contribution in [0.25, 0.3) is 0 Å². The molecule has 0 spiro atoms. The molecule has 0 aromatic heterocycles. The minimum absolute atomic E-state index is 0.0571. The number of nitrogens with one attached hydrogen (secondary N) is 1. The van der Waals surface area contributed by atoms with Gasteiger partial charge in [-0.3, -0.25) is 10.1 Å². The van der Waals surface area contributed by atoms with E-state index in [2.05, 4.69) is 18.6 Å². The van der Waals surface area contributed by atoms with Gasteiger partial charge in [0, 0.05) is 18.2 Å². The zero-order valence-electron chi connectivity index (χ0n) is 15.0. The second kappa shape index (κ2) is 8.91. The second-order valence-corrected chi connectivity index (χ2v) is 8.02. The van der Waals surface area contributed by atoms with Crippen LogP contribution in [0.4, 0.5) is 5.69 Å². The fraction of sp³-hybridized carbons (Fsp3) is 0.368. The van der Waals surface area contributed by atoms with Crippen molar-refractivity contribution in [1.29, 1.82) is 0 Å². The maximum atomic E-state index is 12.7. The normalized spacial score (nSPS) is 12.9. The average Bonchev–Trinajstić information content (AvgIpc) is 2.62. The van der Waals surface area contributed by atoms with Crippen LogP contribution < -0.4 is 4.72 Å². The lowest BCUT2D eigenvalue weighted by Crippen LogP contribution is -2.34. The number of hydrogen-bond donors (Lipinski definition) is 1. The number of sulfonamides is 1. The quantitative estimate of drug-likeness (QED) is 0.525. The van der Waals surface area contributed by atoms with Gasteiger partial charge in [0.05, 0.1) is 10.7 Å². The molecule has 1 unspecified atom stereocenters. The lowest BCUT2D eigenvalue weighted by molar-refractivity contribution is -0.384. The van der Waals surface area contributed by atoms with Crippen LogP contribution in [0.2, 0.25) is 0 Å². The van der Waals surface area contributed by atoms with Gasteiger partial charge in [0.25, 0.3) is 5.69 Å². The highest BCUT2D eigenvalue weighted by molar-refractivity contribution is 7.88. The van der Waals surface area contributed by atoms with Gasteiger partial charge < -0.3 is 0 Å². The molecule has 0 radical (unpaired) electrons. The highest BCUT2D eigenvalue weighted by Gasteiger charge is 2.25. The Bertz CT molecular complexity index is 816. The van der Waals surface area contributed by atoms with Gasteiger partial charge in [-0.25, -0.2) is 13.1 Å². The highest BCUT2D eigenvalue weighted by Crippen LogP contribution is 2.28. The van der Waals surface area contributed by atoms with E-state index in [1.165, 1.54) is 24.3 Å². The summed E-state index contributed by atoms with van der Waals surface area (Å²) in [4.78, 5) is 10.2. The molecule has 0 bridgehead atoms. The van der Waals surface area contributed by atoms with Crippen LogP contribution in [0.3, 0.4) is 0 Å². The van der Waals surface area contributed by atoms with Gasteiger partial charge in [-0.15, -0.1) is 0 Å². The molecule has 0 aliphatic rings. The topological polar surface area (TPSA) is 89.3 Å². The van der Waals surface area contributed by atoms with Gasteiger partial charge in [-0.05, 0) is 17.0 Å². The van der Waals surface area contributed by atoms with E-state index in [0.29, 0.717) is 5.56 Å². The van der Waals surface area contributed by atoms with Crippen molar-refractivity contribution in [3.05, 3.63) is 75.8 Å². The van der Waals surface area contributed by atoms with Crippen molar-refractivity contribution in [2.24, 2.45) is 5.92 Å². The van der Waals surface area contributed by atoms with Crippen LogP contribution >= 0.6 is 0 Å². The molecule has 1 atom stereocenters. The fourth-order valence-electron chi connectivity index (χ4n) is 3.03. The van der Waals surface area contributed by atoms with Crippen molar-refractivity contribution in [2.45, 2.75) is 38.5 Å². The molecule has 0 amide bonds. The first-order chi connectivity index (χ1) is 12.4.